The Morgan fingerprint density at radius 3 is 1.78 bits per heavy atom. The van der Waals surface area contributed by atoms with E-state index in [4.69, 9.17) is 0 Å². The molecule has 0 aliphatic heterocycles. The zero-order valence-electron chi connectivity index (χ0n) is 6.43. The fraction of sp³-hybridized carbons (Fsp3) is 0.333. The number of allylic oxidation sites excluding steroid dienone is 3. The molecule has 0 radical (unpaired) electrons. The molecule has 0 unspecified atom stereocenters. The molecule has 0 aliphatic rings. The summed E-state index contributed by atoms with van der Waals surface area (Å²) in [6.07, 6.45) is 5.86. The van der Waals surface area contributed by atoms with Crippen molar-refractivity contribution in [3.63, 3.8) is 0 Å². The van der Waals surface area contributed by atoms with Crippen LogP contribution in [0.1, 0.15) is 13.8 Å². The SMILES string of the molecule is C=C.C=C/C=C\C(C)C. The van der Waals surface area contributed by atoms with Crippen LogP contribution in [0.5, 0.6) is 0 Å². The van der Waals surface area contributed by atoms with E-state index in [9.17, 15) is 0 Å². The second kappa shape index (κ2) is 10.3. The second-order valence-corrected chi connectivity index (χ2v) is 1.86. The van der Waals surface area contributed by atoms with Gasteiger partial charge < -0.3 is 0 Å². The summed E-state index contributed by atoms with van der Waals surface area (Å²) in [4.78, 5) is 0. The molecule has 0 saturated heterocycles. The quantitative estimate of drug-likeness (QED) is 0.392. The average molecular weight is 124 g/mol. The van der Waals surface area contributed by atoms with E-state index in [0.29, 0.717) is 5.92 Å². The average Bonchev–Trinajstić information content (AvgIpc) is 1.88. The molecular formula is C9H16. The van der Waals surface area contributed by atoms with Gasteiger partial charge in [-0.3, -0.25) is 0 Å². The van der Waals surface area contributed by atoms with Crippen molar-refractivity contribution in [3.8, 4) is 0 Å². The van der Waals surface area contributed by atoms with E-state index in [1.807, 2.05) is 6.08 Å². The van der Waals surface area contributed by atoms with Crippen LogP contribution in [0.25, 0.3) is 0 Å². The van der Waals surface area contributed by atoms with Gasteiger partial charge in [-0.25, -0.2) is 0 Å². The van der Waals surface area contributed by atoms with Crippen LogP contribution in [-0.2, 0) is 0 Å². The molecule has 0 aromatic rings. The van der Waals surface area contributed by atoms with Crippen LogP contribution in [0.3, 0.4) is 0 Å². The van der Waals surface area contributed by atoms with Gasteiger partial charge in [0, 0.05) is 0 Å². The summed E-state index contributed by atoms with van der Waals surface area (Å²) in [5, 5.41) is 0. The summed E-state index contributed by atoms with van der Waals surface area (Å²) in [7, 11) is 0. The van der Waals surface area contributed by atoms with Crippen molar-refractivity contribution in [2.45, 2.75) is 13.8 Å². The molecule has 0 rings (SSSR count). The highest BCUT2D eigenvalue weighted by atomic mass is 13.8. The highest BCUT2D eigenvalue weighted by molar-refractivity contribution is 4.98. The first-order valence-electron chi connectivity index (χ1n) is 3.06. The Morgan fingerprint density at radius 1 is 1.22 bits per heavy atom. The molecule has 52 valence electrons. The zero-order valence-corrected chi connectivity index (χ0v) is 6.43. The van der Waals surface area contributed by atoms with Gasteiger partial charge in [-0.05, 0) is 5.92 Å². The zero-order chi connectivity index (χ0) is 7.70. The second-order valence-electron chi connectivity index (χ2n) is 1.86. The summed E-state index contributed by atoms with van der Waals surface area (Å²) in [5.41, 5.74) is 0. The van der Waals surface area contributed by atoms with Crippen LogP contribution in [0.15, 0.2) is 38.0 Å². The van der Waals surface area contributed by atoms with Crippen molar-refractivity contribution >= 4 is 0 Å². The van der Waals surface area contributed by atoms with Gasteiger partial charge in [0.05, 0.1) is 0 Å². The van der Waals surface area contributed by atoms with Crippen LogP contribution < -0.4 is 0 Å². The Balaban J connectivity index is 0. The molecule has 0 fully saturated rings. The molecule has 0 bridgehead atoms. The van der Waals surface area contributed by atoms with E-state index in [1.54, 1.807) is 6.08 Å². The van der Waals surface area contributed by atoms with Gasteiger partial charge in [0.15, 0.2) is 0 Å². The smallest absolute Gasteiger partial charge is 0.0287 e. The van der Waals surface area contributed by atoms with Crippen LogP contribution in [0.2, 0.25) is 0 Å². The van der Waals surface area contributed by atoms with E-state index in [0.717, 1.165) is 0 Å². The van der Waals surface area contributed by atoms with Crippen molar-refractivity contribution in [2.24, 2.45) is 5.92 Å². The molecule has 0 aliphatic carbocycles. The van der Waals surface area contributed by atoms with Crippen LogP contribution in [0.4, 0.5) is 0 Å². The lowest BCUT2D eigenvalue weighted by atomic mass is 10.2. The topological polar surface area (TPSA) is 0 Å². The van der Waals surface area contributed by atoms with Gasteiger partial charge in [-0.1, -0.05) is 38.7 Å². The minimum atomic E-state index is 0.651. The van der Waals surface area contributed by atoms with Crippen LogP contribution >= 0.6 is 0 Å². The highest BCUT2D eigenvalue weighted by Crippen LogP contribution is 1.91. The normalized spacial score (nSPS) is 8.78. The lowest BCUT2D eigenvalue weighted by Crippen LogP contribution is -1.73. The predicted octanol–water partition coefficient (Wildman–Crippen LogP) is 3.19. The Morgan fingerprint density at radius 2 is 1.67 bits per heavy atom. The van der Waals surface area contributed by atoms with Gasteiger partial charge in [0.25, 0.3) is 0 Å². The van der Waals surface area contributed by atoms with Crippen LogP contribution in [-0.4, -0.2) is 0 Å². The van der Waals surface area contributed by atoms with E-state index < -0.39 is 0 Å². The predicted molar refractivity (Wildman–Crippen MR) is 45.4 cm³/mol. The monoisotopic (exact) mass is 124 g/mol. The summed E-state index contributed by atoms with van der Waals surface area (Å²) >= 11 is 0. The molecular weight excluding hydrogens is 108 g/mol. The first kappa shape index (κ1) is 11.1. The third-order valence-electron chi connectivity index (χ3n) is 0.632. The van der Waals surface area contributed by atoms with Gasteiger partial charge in [-0.15, -0.1) is 13.2 Å². The number of hydrogen-bond donors (Lipinski definition) is 0. The fourth-order valence-corrected chi connectivity index (χ4v) is 0.301. The maximum Gasteiger partial charge on any atom is -0.0287 e. The molecule has 9 heavy (non-hydrogen) atoms. The molecule has 0 nitrogen and oxygen atoms in total. The van der Waals surface area contributed by atoms with E-state index in [1.165, 1.54) is 0 Å². The third kappa shape index (κ3) is 19.0. The molecule has 0 N–H and O–H groups in total. The first-order chi connectivity index (χ1) is 4.27. The Hall–Kier alpha value is -0.780. The summed E-state index contributed by atoms with van der Waals surface area (Å²) < 4.78 is 0. The maximum absolute atomic E-state index is 3.55. The lowest BCUT2D eigenvalue weighted by Gasteiger charge is -1.87. The Bertz CT molecular complexity index is 78.0. The third-order valence-corrected chi connectivity index (χ3v) is 0.632. The lowest BCUT2D eigenvalue weighted by molar-refractivity contribution is 0.832. The van der Waals surface area contributed by atoms with E-state index in [-0.39, 0.29) is 0 Å². The number of hydrogen-bond acceptors (Lipinski definition) is 0. The summed E-state index contributed by atoms with van der Waals surface area (Å²) in [5.74, 6) is 0.651. The van der Waals surface area contributed by atoms with E-state index in [2.05, 4.69) is 39.7 Å². The van der Waals surface area contributed by atoms with Crippen molar-refractivity contribution in [3.05, 3.63) is 38.0 Å². The largest absolute Gasteiger partial charge is 0.106 e. The van der Waals surface area contributed by atoms with Gasteiger partial charge in [-0.2, -0.15) is 0 Å². The molecule has 0 heteroatoms. The number of rotatable bonds is 2. The molecule has 0 atom stereocenters. The molecule has 0 spiro atoms. The molecule has 0 aromatic heterocycles. The minimum absolute atomic E-state index is 0.651. The van der Waals surface area contributed by atoms with Crippen LogP contribution in [0, 0.1) is 5.92 Å². The Labute approximate surface area is 58.6 Å². The highest BCUT2D eigenvalue weighted by Gasteiger charge is 1.77. The van der Waals surface area contributed by atoms with Gasteiger partial charge in [0.1, 0.15) is 0 Å². The molecule has 0 heterocycles. The molecule has 0 saturated carbocycles. The minimum Gasteiger partial charge on any atom is -0.106 e. The van der Waals surface area contributed by atoms with Crippen molar-refractivity contribution in [2.75, 3.05) is 0 Å². The molecule has 0 aromatic carbocycles. The summed E-state index contributed by atoms with van der Waals surface area (Å²) in [6, 6.07) is 0. The standard InChI is InChI=1S/C7H12.C2H4/c1-4-5-6-7(2)3;1-2/h4-7H,1H2,2-3H3;1-2H2/b6-5-;. The fourth-order valence-electron chi connectivity index (χ4n) is 0.301. The van der Waals surface area contributed by atoms with Crippen molar-refractivity contribution in [1.29, 1.82) is 0 Å². The molecule has 0 amide bonds. The van der Waals surface area contributed by atoms with E-state index >= 15 is 0 Å². The van der Waals surface area contributed by atoms with Crippen molar-refractivity contribution < 1.29 is 0 Å². The van der Waals surface area contributed by atoms with Gasteiger partial charge >= 0.3 is 0 Å². The van der Waals surface area contributed by atoms with Crippen molar-refractivity contribution in [1.82, 2.24) is 0 Å². The first-order valence-corrected chi connectivity index (χ1v) is 3.06. The van der Waals surface area contributed by atoms with Gasteiger partial charge in [0.2, 0.25) is 0 Å². The Kier molecular flexibility index (Phi) is 12.6. The maximum atomic E-state index is 3.55. The summed E-state index contributed by atoms with van der Waals surface area (Å²) in [6.45, 7) is 13.8.